The highest BCUT2D eigenvalue weighted by Crippen LogP contribution is 2.43. The van der Waals surface area contributed by atoms with Gasteiger partial charge in [-0.25, -0.2) is 0 Å². The molecule has 3 nitrogen and oxygen atoms in total. The van der Waals surface area contributed by atoms with Crippen molar-refractivity contribution in [3.8, 4) is 0 Å². The van der Waals surface area contributed by atoms with E-state index in [1.807, 2.05) is 62.4 Å². The molecule has 1 N–H and O–H groups in total. The lowest BCUT2D eigenvalue weighted by atomic mass is 9.84. The van der Waals surface area contributed by atoms with Crippen LogP contribution in [-0.4, -0.2) is 29.8 Å². The number of halogens is 2. The molecule has 1 saturated heterocycles. The minimum Gasteiger partial charge on any atom is -0.368 e. The van der Waals surface area contributed by atoms with Crippen LogP contribution >= 0.6 is 23.2 Å². The number of nitrogens with one attached hydrogen (secondary N) is 1. The number of alkyl halides is 1. The highest BCUT2D eigenvalue weighted by atomic mass is 35.5. The van der Waals surface area contributed by atoms with Gasteiger partial charge in [-0.15, -0.1) is 11.6 Å². The van der Waals surface area contributed by atoms with Gasteiger partial charge in [0.05, 0.1) is 6.04 Å². The second kappa shape index (κ2) is 14.3. The molecule has 33 heavy (non-hydrogen) atoms. The fourth-order valence-electron chi connectivity index (χ4n) is 4.18. The van der Waals surface area contributed by atoms with E-state index < -0.39 is 0 Å². The first-order valence-electron chi connectivity index (χ1n) is 11.8. The second-order valence-electron chi connectivity index (χ2n) is 9.01. The van der Waals surface area contributed by atoms with Crippen molar-refractivity contribution in [1.29, 1.82) is 0 Å². The van der Waals surface area contributed by atoms with E-state index in [4.69, 9.17) is 11.6 Å². The Balaban J connectivity index is 0.000000411. The second-order valence-corrected chi connectivity index (χ2v) is 9.45. The molecule has 1 saturated carbocycles. The smallest absolute Gasteiger partial charge is 0.220 e. The van der Waals surface area contributed by atoms with Crippen molar-refractivity contribution >= 4 is 29.1 Å². The predicted molar refractivity (Wildman–Crippen MR) is 142 cm³/mol. The van der Waals surface area contributed by atoms with Gasteiger partial charge in [-0.3, -0.25) is 4.79 Å². The number of rotatable bonds is 6. The Hall–Kier alpha value is -1.97. The number of nitrogens with zero attached hydrogens (tertiary/aromatic N) is 1. The molecule has 180 valence electrons. The Kier molecular flexibility index (Phi) is 11.8. The fourth-order valence-corrected chi connectivity index (χ4v) is 4.31. The van der Waals surface area contributed by atoms with Crippen LogP contribution in [0.1, 0.15) is 57.6 Å². The third kappa shape index (κ3) is 9.43. The Morgan fingerprint density at radius 2 is 1.55 bits per heavy atom. The summed E-state index contributed by atoms with van der Waals surface area (Å²) < 4.78 is 0. The molecular formula is C28H38Cl2N2O. The first kappa shape index (κ1) is 27.3. The summed E-state index contributed by atoms with van der Waals surface area (Å²) >= 11 is 10.7. The van der Waals surface area contributed by atoms with Crippen LogP contribution in [-0.2, 0) is 4.79 Å². The SMILES string of the molecule is C=C1C(CC(=O)NC(C)C)CCC(c2ccc(Cl)cc2)N1CC1CC1.CCl.c1ccccc1. The Morgan fingerprint density at radius 1 is 1.00 bits per heavy atom. The zero-order chi connectivity index (χ0) is 24.2. The van der Waals surface area contributed by atoms with Gasteiger partial charge >= 0.3 is 0 Å². The van der Waals surface area contributed by atoms with Crippen molar-refractivity contribution in [2.45, 2.75) is 58.0 Å². The van der Waals surface area contributed by atoms with E-state index in [0.29, 0.717) is 12.5 Å². The first-order valence-corrected chi connectivity index (χ1v) is 13.0. The minimum atomic E-state index is 0.137. The summed E-state index contributed by atoms with van der Waals surface area (Å²) in [5.74, 6) is 1.17. The molecule has 0 radical (unpaired) electrons. The standard InChI is InChI=1S/C21H29ClN2O.C6H6.CH3Cl/c1-14(2)23-21(25)12-18-8-11-20(17-6-9-19(22)10-7-17)24(15(18)3)13-16-4-5-16;1-2-4-6-5-3-1;1-2/h6-7,9-10,14,16,18,20H,3-5,8,11-13H2,1-2H3,(H,23,25);1-6H;1H3. The molecule has 5 heteroatoms. The molecule has 0 spiro atoms. The van der Waals surface area contributed by atoms with Crippen molar-refractivity contribution in [1.82, 2.24) is 10.2 Å². The predicted octanol–water partition coefficient (Wildman–Crippen LogP) is 7.47. The molecule has 1 aliphatic carbocycles. The maximum Gasteiger partial charge on any atom is 0.220 e. The third-order valence-corrected chi connectivity index (χ3v) is 6.21. The van der Waals surface area contributed by atoms with E-state index in [-0.39, 0.29) is 17.9 Å². The summed E-state index contributed by atoms with van der Waals surface area (Å²) in [6, 6.07) is 20.7. The Morgan fingerprint density at radius 3 is 2.03 bits per heavy atom. The fraction of sp³-hybridized carbons (Fsp3) is 0.464. The van der Waals surface area contributed by atoms with Crippen LogP contribution in [0.15, 0.2) is 72.9 Å². The normalized spacial score (nSPS) is 19.7. The number of piperidine rings is 1. The van der Waals surface area contributed by atoms with E-state index in [1.54, 1.807) is 0 Å². The number of benzene rings is 2. The lowest BCUT2D eigenvalue weighted by molar-refractivity contribution is -0.122. The Bertz CT molecular complexity index is 808. The zero-order valence-electron chi connectivity index (χ0n) is 20.1. The lowest BCUT2D eigenvalue weighted by Gasteiger charge is -2.43. The summed E-state index contributed by atoms with van der Waals surface area (Å²) in [7, 11) is 0. The molecule has 0 bridgehead atoms. The van der Waals surface area contributed by atoms with E-state index in [0.717, 1.165) is 36.0 Å². The summed E-state index contributed by atoms with van der Waals surface area (Å²) in [5.41, 5.74) is 2.44. The number of hydrogen-bond donors (Lipinski definition) is 1. The summed E-state index contributed by atoms with van der Waals surface area (Å²) in [6.07, 6.45) is 6.72. The van der Waals surface area contributed by atoms with Crippen LogP contribution in [0.25, 0.3) is 0 Å². The van der Waals surface area contributed by atoms with Crippen molar-refractivity contribution in [3.63, 3.8) is 0 Å². The molecule has 4 rings (SSSR count). The molecule has 2 aromatic carbocycles. The van der Waals surface area contributed by atoms with Crippen molar-refractivity contribution in [2.24, 2.45) is 11.8 Å². The van der Waals surface area contributed by atoms with Crippen molar-refractivity contribution in [3.05, 3.63) is 83.5 Å². The number of likely N-dealkylation sites (tertiary alicyclic amines) is 1. The average Bonchev–Trinajstić information content (AvgIpc) is 3.64. The summed E-state index contributed by atoms with van der Waals surface area (Å²) in [5, 5.41) is 3.79. The highest BCUT2D eigenvalue weighted by Gasteiger charge is 2.36. The largest absolute Gasteiger partial charge is 0.368 e. The lowest BCUT2D eigenvalue weighted by Crippen LogP contribution is -2.39. The molecule has 2 atom stereocenters. The molecule has 2 unspecified atom stereocenters. The summed E-state index contributed by atoms with van der Waals surface area (Å²) in [4.78, 5) is 14.7. The molecule has 1 aliphatic heterocycles. The van der Waals surface area contributed by atoms with Crippen LogP contribution in [0, 0.1) is 11.8 Å². The molecule has 2 fully saturated rings. The van der Waals surface area contributed by atoms with E-state index in [2.05, 4.69) is 40.5 Å². The van der Waals surface area contributed by atoms with Gasteiger partial charge in [0, 0.05) is 42.0 Å². The average molecular weight is 490 g/mol. The zero-order valence-corrected chi connectivity index (χ0v) is 21.7. The van der Waals surface area contributed by atoms with Crippen LogP contribution in [0.4, 0.5) is 0 Å². The van der Waals surface area contributed by atoms with Gasteiger partial charge in [0.1, 0.15) is 0 Å². The molecule has 1 amide bonds. The highest BCUT2D eigenvalue weighted by molar-refractivity contribution is 6.30. The van der Waals surface area contributed by atoms with Crippen LogP contribution in [0.3, 0.4) is 0 Å². The van der Waals surface area contributed by atoms with Gasteiger partial charge in [0.15, 0.2) is 0 Å². The van der Waals surface area contributed by atoms with Crippen LogP contribution in [0.5, 0.6) is 0 Å². The maximum absolute atomic E-state index is 12.2. The number of allylic oxidation sites excluding steroid dienone is 1. The van der Waals surface area contributed by atoms with Crippen molar-refractivity contribution in [2.75, 3.05) is 12.9 Å². The monoisotopic (exact) mass is 488 g/mol. The number of carbonyl (C=O) groups excluding carboxylic acids is 1. The third-order valence-electron chi connectivity index (χ3n) is 5.96. The molecular weight excluding hydrogens is 451 g/mol. The molecule has 0 aromatic heterocycles. The topological polar surface area (TPSA) is 32.3 Å². The maximum atomic E-state index is 12.2. The van der Waals surface area contributed by atoms with Crippen LogP contribution < -0.4 is 5.32 Å². The van der Waals surface area contributed by atoms with E-state index >= 15 is 0 Å². The number of amides is 1. The van der Waals surface area contributed by atoms with Gasteiger partial charge < -0.3 is 10.2 Å². The van der Waals surface area contributed by atoms with Gasteiger partial charge in [-0.05, 0) is 63.1 Å². The quantitative estimate of drug-likeness (QED) is 0.427. The van der Waals surface area contributed by atoms with E-state index in [1.165, 1.54) is 24.8 Å². The van der Waals surface area contributed by atoms with Crippen LogP contribution in [0.2, 0.25) is 5.02 Å². The van der Waals surface area contributed by atoms with Gasteiger partial charge in [0.2, 0.25) is 5.91 Å². The van der Waals surface area contributed by atoms with E-state index in [9.17, 15) is 4.79 Å². The van der Waals surface area contributed by atoms with Crippen molar-refractivity contribution < 1.29 is 4.79 Å². The van der Waals surface area contributed by atoms with Gasteiger partial charge in [-0.2, -0.15) is 0 Å². The first-order chi connectivity index (χ1) is 15.9. The molecule has 2 aliphatic rings. The number of carbonyl (C=O) groups is 1. The summed E-state index contributed by atoms with van der Waals surface area (Å²) in [6.45, 7) is 9.47. The Labute approximate surface area is 210 Å². The number of hydrogen-bond acceptors (Lipinski definition) is 2. The van der Waals surface area contributed by atoms with Gasteiger partial charge in [-0.1, -0.05) is 66.7 Å². The van der Waals surface area contributed by atoms with Gasteiger partial charge in [0.25, 0.3) is 0 Å². The minimum absolute atomic E-state index is 0.137. The molecule has 1 heterocycles. The molecule has 2 aromatic rings.